The molecule has 0 amide bonds. The summed E-state index contributed by atoms with van der Waals surface area (Å²) in [5, 5.41) is 9.40. The SMILES string of the molecule is CC(C)C1C(C)CCC(C)C1CO. The third-order valence-electron chi connectivity index (χ3n) is 3.94. The first-order chi connectivity index (χ1) is 6.07. The molecule has 0 aromatic rings. The van der Waals surface area contributed by atoms with Crippen LogP contribution in [0.15, 0.2) is 0 Å². The Morgan fingerprint density at radius 3 is 2.08 bits per heavy atom. The highest BCUT2D eigenvalue weighted by molar-refractivity contribution is 4.85. The number of hydrogen-bond donors (Lipinski definition) is 1. The van der Waals surface area contributed by atoms with E-state index in [2.05, 4.69) is 27.7 Å². The molecule has 1 aliphatic carbocycles. The molecule has 1 rings (SSSR count). The van der Waals surface area contributed by atoms with Crippen LogP contribution in [0.25, 0.3) is 0 Å². The molecule has 0 saturated heterocycles. The highest BCUT2D eigenvalue weighted by atomic mass is 16.3. The molecule has 0 heterocycles. The van der Waals surface area contributed by atoms with Crippen molar-refractivity contribution < 1.29 is 5.11 Å². The van der Waals surface area contributed by atoms with Crippen molar-refractivity contribution in [1.29, 1.82) is 0 Å². The van der Waals surface area contributed by atoms with Crippen LogP contribution < -0.4 is 0 Å². The van der Waals surface area contributed by atoms with Gasteiger partial charge in [0, 0.05) is 6.61 Å². The lowest BCUT2D eigenvalue weighted by Crippen LogP contribution is -2.37. The maximum absolute atomic E-state index is 9.40. The first-order valence-corrected chi connectivity index (χ1v) is 5.68. The van der Waals surface area contributed by atoms with Crippen molar-refractivity contribution in [2.24, 2.45) is 29.6 Å². The Bertz CT molecular complexity index is 153. The minimum absolute atomic E-state index is 0.383. The standard InChI is InChI=1S/C12H24O/c1-8(2)12-10(4)6-5-9(3)11(12)7-13/h8-13H,5-7H2,1-4H3. The molecule has 1 heteroatoms. The third kappa shape index (κ3) is 2.25. The van der Waals surface area contributed by atoms with E-state index in [-0.39, 0.29) is 0 Å². The molecule has 1 aliphatic rings. The third-order valence-corrected chi connectivity index (χ3v) is 3.94. The second-order valence-corrected chi connectivity index (χ2v) is 5.20. The van der Waals surface area contributed by atoms with Crippen LogP contribution >= 0.6 is 0 Å². The average molecular weight is 184 g/mol. The highest BCUT2D eigenvalue weighted by Gasteiger charge is 2.36. The van der Waals surface area contributed by atoms with Gasteiger partial charge in [0.2, 0.25) is 0 Å². The van der Waals surface area contributed by atoms with E-state index in [4.69, 9.17) is 0 Å². The molecule has 0 aliphatic heterocycles. The van der Waals surface area contributed by atoms with Crippen molar-refractivity contribution in [3.63, 3.8) is 0 Å². The van der Waals surface area contributed by atoms with E-state index in [1.165, 1.54) is 12.8 Å². The zero-order chi connectivity index (χ0) is 10.0. The summed E-state index contributed by atoms with van der Waals surface area (Å²) in [5.74, 6) is 3.51. The second kappa shape index (κ2) is 4.45. The molecule has 1 saturated carbocycles. The minimum atomic E-state index is 0.383. The monoisotopic (exact) mass is 184 g/mol. The smallest absolute Gasteiger partial charge is 0.0464 e. The summed E-state index contributed by atoms with van der Waals surface area (Å²) in [6.07, 6.45) is 2.65. The molecular formula is C12H24O. The lowest BCUT2D eigenvalue weighted by atomic mass is 9.64. The number of aliphatic hydroxyl groups excluding tert-OH is 1. The van der Waals surface area contributed by atoms with E-state index in [0.717, 1.165) is 17.8 Å². The minimum Gasteiger partial charge on any atom is -0.396 e. The van der Waals surface area contributed by atoms with Gasteiger partial charge in [-0.25, -0.2) is 0 Å². The van der Waals surface area contributed by atoms with Crippen molar-refractivity contribution in [2.45, 2.75) is 40.5 Å². The van der Waals surface area contributed by atoms with E-state index in [1.807, 2.05) is 0 Å². The van der Waals surface area contributed by atoms with Gasteiger partial charge in [0.05, 0.1) is 0 Å². The van der Waals surface area contributed by atoms with Crippen molar-refractivity contribution in [1.82, 2.24) is 0 Å². The molecule has 78 valence electrons. The van der Waals surface area contributed by atoms with E-state index in [0.29, 0.717) is 18.4 Å². The molecule has 0 aromatic carbocycles. The van der Waals surface area contributed by atoms with Crippen molar-refractivity contribution >= 4 is 0 Å². The van der Waals surface area contributed by atoms with Gasteiger partial charge in [-0.15, -0.1) is 0 Å². The molecule has 1 N–H and O–H groups in total. The van der Waals surface area contributed by atoms with Gasteiger partial charge in [-0.3, -0.25) is 0 Å². The van der Waals surface area contributed by atoms with Gasteiger partial charge in [-0.1, -0.05) is 40.5 Å². The highest BCUT2D eigenvalue weighted by Crippen LogP contribution is 2.41. The Kier molecular flexibility index (Phi) is 3.78. The van der Waals surface area contributed by atoms with Crippen LogP contribution in [0.2, 0.25) is 0 Å². The van der Waals surface area contributed by atoms with Crippen LogP contribution in [0.1, 0.15) is 40.5 Å². The molecular weight excluding hydrogens is 160 g/mol. The molecule has 1 nitrogen and oxygen atoms in total. The van der Waals surface area contributed by atoms with Crippen LogP contribution in [-0.4, -0.2) is 11.7 Å². The lowest BCUT2D eigenvalue weighted by Gasteiger charge is -2.42. The van der Waals surface area contributed by atoms with Gasteiger partial charge in [-0.05, 0) is 29.6 Å². The zero-order valence-electron chi connectivity index (χ0n) is 9.46. The van der Waals surface area contributed by atoms with Crippen LogP contribution in [0.4, 0.5) is 0 Å². The summed E-state index contributed by atoms with van der Waals surface area (Å²) in [6.45, 7) is 9.61. The van der Waals surface area contributed by atoms with Crippen molar-refractivity contribution in [3.05, 3.63) is 0 Å². The maximum atomic E-state index is 9.40. The van der Waals surface area contributed by atoms with E-state index in [9.17, 15) is 5.11 Å². The van der Waals surface area contributed by atoms with Crippen molar-refractivity contribution in [3.8, 4) is 0 Å². The van der Waals surface area contributed by atoms with E-state index < -0.39 is 0 Å². The molecule has 0 aromatic heterocycles. The van der Waals surface area contributed by atoms with Gasteiger partial charge < -0.3 is 5.11 Å². The van der Waals surface area contributed by atoms with E-state index in [1.54, 1.807) is 0 Å². The van der Waals surface area contributed by atoms with Crippen LogP contribution in [0.3, 0.4) is 0 Å². The molecule has 4 unspecified atom stereocenters. The fourth-order valence-electron chi connectivity index (χ4n) is 3.19. The molecule has 0 bridgehead atoms. The molecule has 13 heavy (non-hydrogen) atoms. The topological polar surface area (TPSA) is 20.2 Å². The Hall–Kier alpha value is -0.0400. The number of rotatable bonds is 2. The fourth-order valence-corrected chi connectivity index (χ4v) is 3.19. The second-order valence-electron chi connectivity index (χ2n) is 5.20. The number of aliphatic hydroxyl groups is 1. The molecule has 4 atom stereocenters. The summed E-state index contributed by atoms with van der Waals surface area (Å²) >= 11 is 0. The Morgan fingerprint density at radius 1 is 1.15 bits per heavy atom. The first kappa shape index (κ1) is 11.0. The lowest BCUT2D eigenvalue weighted by molar-refractivity contribution is 0.0275. The normalized spacial score (nSPS) is 41.1. The molecule has 0 radical (unpaired) electrons. The largest absolute Gasteiger partial charge is 0.396 e. The van der Waals surface area contributed by atoms with Gasteiger partial charge >= 0.3 is 0 Å². The zero-order valence-corrected chi connectivity index (χ0v) is 9.46. The van der Waals surface area contributed by atoms with Gasteiger partial charge in [0.15, 0.2) is 0 Å². The predicted molar refractivity (Wildman–Crippen MR) is 56.5 cm³/mol. The molecule has 0 spiro atoms. The summed E-state index contributed by atoms with van der Waals surface area (Å²) in [6, 6.07) is 0. The van der Waals surface area contributed by atoms with Crippen LogP contribution in [0, 0.1) is 29.6 Å². The van der Waals surface area contributed by atoms with Crippen LogP contribution in [0.5, 0.6) is 0 Å². The van der Waals surface area contributed by atoms with Crippen molar-refractivity contribution in [2.75, 3.05) is 6.61 Å². The first-order valence-electron chi connectivity index (χ1n) is 5.68. The van der Waals surface area contributed by atoms with Crippen LogP contribution in [-0.2, 0) is 0 Å². The fraction of sp³-hybridized carbons (Fsp3) is 1.00. The van der Waals surface area contributed by atoms with Gasteiger partial charge in [-0.2, -0.15) is 0 Å². The summed E-state index contributed by atoms with van der Waals surface area (Å²) in [7, 11) is 0. The Balaban J connectivity index is 2.71. The quantitative estimate of drug-likeness (QED) is 0.699. The molecule has 1 fully saturated rings. The van der Waals surface area contributed by atoms with E-state index >= 15 is 0 Å². The predicted octanol–water partition coefficient (Wildman–Crippen LogP) is 2.93. The Morgan fingerprint density at radius 2 is 1.69 bits per heavy atom. The van der Waals surface area contributed by atoms with Gasteiger partial charge in [0.25, 0.3) is 0 Å². The maximum Gasteiger partial charge on any atom is 0.0464 e. The average Bonchev–Trinajstić information content (AvgIpc) is 2.07. The number of hydrogen-bond acceptors (Lipinski definition) is 1. The summed E-state index contributed by atoms with van der Waals surface area (Å²) < 4.78 is 0. The van der Waals surface area contributed by atoms with Gasteiger partial charge in [0.1, 0.15) is 0 Å². The summed E-state index contributed by atoms with van der Waals surface area (Å²) in [5.41, 5.74) is 0. The summed E-state index contributed by atoms with van der Waals surface area (Å²) in [4.78, 5) is 0. The Labute approximate surface area is 82.5 Å².